The molecule has 1 fully saturated rings. The number of aromatic nitrogens is 1. The molecule has 1 saturated heterocycles. The van der Waals surface area contributed by atoms with Gasteiger partial charge >= 0.3 is 0 Å². The van der Waals surface area contributed by atoms with Crippen LogP contribution in [0.3, 0.4) is 0 Å². The summed E-state index contributed by atoms with van der Waals surface area (Å²) >= 11 is 0. The van der Waals surface area contributed by atoms with Crippen LogP contribution in [-0.4, -0.2) is 61.0 Å². The number of aliphatic imine (C=N–C) groups is 1. The fourth-order valence-corrected chi connectivity index (χ4v) is 4.85. The van der Waals surface area contributed by atoms with Gasteiger partial charge in [0.2, 0.25) is 0 Å². The number of aromatic amines is 1. The van der Waals surface area contributed by atoms with E-state index in [0.717, 1.165) is 48.5 Å². The van der Waals surface area contributed by atoms with Gasteiger partial charge in [-0.3, -0.25) is 4.99 Å². The van der Waals surface area contributed by atoms with E-state index in [1.54, 1.807) is 12.1 Å². The zero-order chi connectivity index (χ0) is 25.2. The van der Waals surface area contributed by atoms with Gasteiger partial charge in [0, 0.05) is 42.8 Å². The first-order chi connectivity index (χ1) is 17.5. The van der Waals surface area contributed by atoms with Gasteiger partial charge < -0.3 is 24.6 Å². The number of anilines is 1. The molecule has 2 N–H and O–H groups in total. The molecule has 7 heteroatoms. The van der Waals surface area contributed by atoms with Gasteiger partial charge in [-0.25, -0.2) is 4.39 Å². The molecule has 2 heterocycles. The maximum absolute atomic E-state index is 14.8. The second kappa shape index (κ2) is 10.0. The Kier molecular flexibility index (Phi) is 6.65. The van der Waals surface area contributed by atoms with Crippen LogP contribution in [0.15, 0.2) is 65.7 Å². The number of hydrogen-bond acceptors (Lipinski definition) is 5. The Bertz CT molecular complexity index is 1400. The third-order valence-electron chi connectivity index (χ3n) is 6.87. The van der Waals surface area contributed by atoms with Crippen molar-refractivity contribution < 1.29 is 14.2 Å². The highest BCUT2D eigenvalue weighted by Crippen LogP contribution is 2.37. The van der Waals surface area contributed by atoms with Crippen LogP contribution in [0.5, 0.6) is 11.6 Å². The minimum absolute atomic E-state index is 0.0531. The normalized spacial score (nSPS) is 15.0. The number of piperazine rings is 1. The molecule has 1 aliphatic rings. The fraction of sp³-hybridized carbons (Fsp3) is 0.276. The Hall–Kier alpha value is -3.84. The molecule has 6 nitrogen and oxygen atoms in total. The van der Waals surface area contributed by atoms with Crippen LogP contribution < -0.4 is 9.64 Å². The number of fused-ring (bicyclic) bond motifs is 1. The summed E-state index contributed by atoms with van der Waals surface area (Å²) in [6.07, 6.45) is 0.619. The average Bonchev–Trinajstić information content (AvgIpc) is 3.22. The van der Waals surface area contributed by atoms with Crippen LogP contribution in [-0.2, 0) is 0 Å². The molecule has 0 radical (unpaired) electrons. The van der Waals surface area contributed by atoms with Gasteiger partial charge in [-0.1, -0.05) is 19.1 Å². The van der Waals surface area contributed by atoms with Crippen LogP contribution in [0.2, 0.25) is 0 Å². The summed E-state index contributed by atoms with van der Waals surface area (Å²) in [7, 11) is 3.68. The van der Waals surface area contributed by atoms with Crippen molar-refractivity contribution in [3.05, 3.63) is 72.0 Å². The van der Waals surface area contributed by atoms with Crippen molar-refractivity contribution in [2.24, 2.45) is 4.99 Å². The maximum atomic E-state index is 14.8. The SMILES string of the molecule is CCC(=Nc1ccc(N2CCN(C)CC2)cc1)c1c(O)[nH]c2ccc(-c3c(F)cccc3OC)cc12. The highest BCUT2D eigenvalue weighted by Gasteiger charge is 2.19. The van der Waals surface area contributed by atoms with Crippen LogP contribution >= 0.6 is 0 Å². The number of benzene rings is 3. The van der Waals surface area contributed by atoms with Crippen molar-refractivity contribution in [2.75, 3.05) is 45.2 Å². The zero-order valence-corrected chi connectivity index (χ0v) is 20.9. The molecule has 0 unspecified atom stereocenters. The van der Waals surface area contributed by atoms with E-state index in [1.165, 1.54) is 18.9 Å². The summed E-state index contributed by atoms with van der Waals surface area (Å²) in [5, 5.41) is 11.6. The quantitative estimate of drug-likeness (QED) is 0.330. The number of nitrogens with one attached hydrogen (secondary N) is 1. The molecule has 186 valence electrons. The second-order valence-electron chi connectivity index (χ2n) is 9.14. The van der Waals surface area contributed by atoms with Gasteiger partial charge in [0.25, 0.3) is 0 Å². The molecular formula is C29H31FN4O2. The lowest BCUT2D eigenvalue weighted by Crippen LogP contribution is -2.44. The van der Waals surface area contributed by atoms with Crippen molar-refractivity contribution in [3.63, 3.8) is 0 Å². The first kappa shape index (κ1) is 23.9. The van der Waals surface area contributed by atoms with Gasteiger partial charge in [0.1, 0.15) is 11.6 Å². The Balaban J connectivity index is 1.52. The summed E-state index contributed by atoms with van der Waals surface area (Å²) < 4.78 is 20.2. The fourth-order valence-electron chi connectivity index (χ4n) is 4.85. The number of rotatable bonds is 6. The lowest BCUT2D eigenvalue weighted by molar-refractivity contribution is 0.313. The van der Waals surface area contributed by atoms with Crippen molar-refractivity contribution in [1.82, 2.24) is 9.88 Å². The smallest absolute Gasteiger partial charge is 0.198 e. The van der Waals surface area contributed by atoms with E-state index in [4.69, 9.17) is 9.73 Å². The number of ether oxygens (including phenoxy) is 1. The molecule has 0 spiro atoms. The number of nitrogens with zero attached hydrogens (tertiary/aromatic N) is 3. The summed E-state index contributed by atoms with van der Waals surface area (Å²) in [4.78, 5) is 12.7. The van der Waals surface area contributed by atoms with E-state index in [0.29, 0.717) is 28.9 Å². The van der Waals surface area contributed by atoms with Gasteiger partial charge in [-0.15, -0.1) is 0 Å². The van der Waals surface area contributed by atoms with E-state index in [-0.39, 0.29) is 11.7 Å². The first-order valence-corrected chi connectivity index (χ1v) is 12.3. The number of H-pyrrole nitrogens is 1. The maximum Gasteiger partial charge on any atom is 0.198 e. The summed E-state index contributed by atoms with van der Waals surface area (Å²) in [5.74, 6) is 0.151. The third-order valence-corrected chi connectivity index (χ3v) is 6.87. The molecule has 0 amide bonds. The molecular weight excluding hydrogens is 455 g/mol. The Morgan fingerprint density at radius 1 is 1.06 bits per heavy atom. The number of methoxy groups -OCH3 is 1. The van der Waals surface area contributed by atoms with Crippen LogP contribution in [0, 0.1) is 5.82 Å². The minimum Gasteiger partial charge on any atom is -0.496 e. The van der Waals surface area contributed by atoms with Crippen molar-refractivity contribution in [3.8, 4) is 22.8 Å². The molecule has 3 aromatic carbocycles. The third kappa shape index (κ3) is 4.54. The molecule has 0 aliphatic carbocycles. The monoisotopic (exact) mass is 486 g/mol. The second-order valence-corrected chi connectivity index (χ2v) is 9.14. The molecule has 0 bridgehead atoms. The Labute approximate surface area is 210 Å². The van der Waals surface area contributed by atoms with Crippen LogP contribution in [0.1, 0.15) is 18.9 Å². The number of hydrogen-bond donors (Lipinski definition) is 2. The average molecular weight is 487 g/mol. The molecule has 1 aromatic heterocycles. The summed E-state index contributed by atoms with van der Waals surface area (Å²) in [6.45, 7) is 6.15. The molecule has 1 aliphatic heterocycles. The van der Waals surface area contributed by atoms with Gasteiger partial charge in [0.05, 0.1) is 29.6 Å². The van der Waals surface area contributed by atoms with Crippen molar-refractivity contribution in [1.29, 1.82) is 0 Å². The van der Waals surface area contributed by atoms with E-state index >= 15 is 0 Å². The minimum atomic E-state index is -0.361. The van der Waals surface area contributed by atoms with Crippen molar-refractivity contribution >= 4 is 28.0 Å². The lowest BCUT2D eigenvalue weighted by atomic mass is 9.99. The molecule has 36 heavy (non-hydrogen) atoms. The van der Waals surface area contributed by atoms with E-state index < -0.39 is 0 Å². The predicted octanol–water partition coefficient (Wildman–Crippen LogP) is 5.97. The predicted molar refractivity (Wildman–Crippen MR) is 145 cm³/mol. The molecule has 4 aromatic rings. The van der Waals surface area contributed by atoms with E-state index in [1.807, 2.05) is 37.3 Å². The number of likely N-dealkylation sites (N-methyl/N-ethyl adjacent to an activating group) is 1. The van der Waals surface area contributed by atoms with Crippen molar-refractivity contribution in [2.45, 2.75) is 13.3 Å². The zero-order valence-electron chi connectivity index (χ0n) is 20.9. The van der Waals surface area contributed by atoms with Crippen LogP contribution in [0.25, 0.3) is 22.0 Å². The van der Waals surface area contributed by atoms with Gasteiger partial charge in [0.15, 0.2) is 5.88 Å². The first-order valence-electron chi connectivity index (χ1n) is 12.3. The largest absolute Gasteiger partial charge is 0.496 e. The lowest BCUT2D eigenvalue weighted by Gasteiger charge is -2.34. The molecule has 5 rings (SSSR count). The summed E-state index contributed by atoms with van der Waals surface area (Å²) in [5.41, 5.74) is 5.22. The van der Waals surface area contributed by atoms with E-state index in [9.17, 15) is 9.50 Å². The highest BCUT2D eigenvalue weighted by molar-refractivity contribution is 6.14. The molecule has 0 saturated carbocycles. The Morgan fingerprint density at radius 2 is 1.81 bits per heavy atom. The van der Waals surface area contributed by atoms with E-state index in [2.05, 4.69) is 34.0 Å². The topological polar surface area (TPSA) is 64.1 Å². The van der Waals surface area contributed by atoms with Gasteiger partial charge in [-0.05, 0) is 67.6 Å². The number of halogens is 1. The summed E-state index contributed by atoms with van der Waals surface area (Å²) in [6, 6.07) is 18.6. The highest BCUT2D eigenvalue weighted by atomic mass is 19.1. The van der Waals surface area contributed by atoms with Crippen LogP contribution in [0.4, 0.5) is 15.8 Å². The molecule has 0 atom stereocenters. The van der Waals surface area contributed by atoms with Gasteiger partial charge in [-0.2, -0.15) is 0 Å². The number of aromatic hydroxyl groups is 1. The Morgan fingerprint density at radius 3 is 2.50 bits per heavy atom. The standard InChI is InChI=1S/C29H31FN4O2/c1-4-24(31-20-9-11-21(12-10-20)34-16-14-33(2)15-17-34)28-22-18-19(8-13-25(22)32-29(28)35)27-23(30)6-5-7-26(27)36-3/h5-13,18,32,35H,4,14-17H2,1-3H3.